The van der Waals surface area contributed by atoms with E-state index < -0.39 is 10.0 Å². The molecule has 0 atom stereocenters. The number of rotatable bonds is 3. The van der Waals surface area contributed by atoms with Crippen LogP contribution >= 0.6 is 23.1 Å². The molecular weight excluding hydrogens is 276 g/mol. The van der Waals surface area contributed by atoms with Gasteiger partial charge in [0, 0.05) is 35.6 Å². The van der Waals surface area contributed by atoms with E-state index in [4.69, 9.17) is 5.73 Å². The van der Waals surface area contributed by atoms with Gasteiger partial charge in [0.05, 0.1) is 4.90 Å². The van der Waals surface area contributed by atoms with Crippen LogP contribution in [0.4, 0.5) is 0 Å². The molecule has 0 spiro atoms. The minimum absolute atomic E-state index is 0.398. The van der Waals surface area contributed by atoms with E-state index in [-0.39, 0.29) is 0 Å². The largest absolute Gasteiger partial charge is 0.326 e. The van der Waals surface area contributed by atoms with Crippen LogP contribution in [0.1, 0.15) is 11.3 Å². The number of thioether (sulfide) groups is 1. The lowest BCUT2D eigenvalue weighted by Gasteiger charge is -2.18. The van der Waals surface area contributed by atoms with E-state index in [9.17, 15) is 8.42 Å². The fraction of sp³-hybridized carbons (Fsp3) is 0.600. The summed E-state index contributed by atoms with van der Waals surface area (Å²) in [7, 11) is -3.30. The molecule has 0 unspecified atom stereocenters. The Morgan fingerprint density at radius 2 is 2.18 bits per heavy atom. The van der Waals surface area contributed by atoms with Crippen LogP contribution in [0.25, 0.3) is 0 Å². The van der Waals surface area contributed by atoms with Crippen LogP contribution in [-0.4, -0.2) is 37.3 Å². The number of nitrogens with two attached hydrogens (primary N) is 1. The van der Waals surface area contributed by atoms with Crippen molar-refractivity contribution in [3.8, 4) is 0 Å². The van der Waals surface area contributed by atoms with E-state index in [1.165, 1.54) is 11.3 Å². The van der Waals surface area contributed by atoms with Crippen molar-refractivity contribution in [3.05, 3.63) is 16.3 Å². The van der Waals surface area contributed by atoms with Crippen LogP contribution in [0.2, 0.25) is 0 Å². The quantitative estimate of drug-likeness (QED) is 0.913. The van der Waals surface area contributed by atoms with Crippen LogP contribution in [0, 0.1) is 0 Å². The maximum atomic E-state index is 12.4. The smallest absolute Gasteiger partial charge is 0.243 e. The van der Waals surface area contributed by atoms with Gasteiger partial charge in [-0.2, -0.15) is 16.1 Å². The van der Waals surface area contributed by atoms with Crippen molar-refractivity contribution in [2.24, 2.45) is 5.73 Å². The highest BCUT2D eigenvalue weighted by Crippen LogP contribution is 2.24. The lowest BCUT2D eigenvalue weighted by Crippen LogP contribution is -2.32. The third kappa shape index (κ3) is 3.03. The minimum Gasteiger partial charge on any atom is -0.326 e. The van der Waals surface area contributed by atoms with Crippen LogP contribution < -0.4 is 5.73 Å². The number of hydrogen-bond donors (Lipinski definition) is 1. The zero-order valence-electron chi connectivity index (χ0n) is 9.46. The Kier molecular flexibility index (Phi) is 4.48. The van der Waals surface area contributed by atoms with Gasteiger partial charge in [-0.05, 0) is 18.2 Å². The van der Waals surface area contributed by atoms with Crippen LogP contribution in [0.5, 0.6) is 0 Å². The molecule has 17 heavy (non-hydrogen) atoms. The summed E-state index contributed by atoms with van der Waals surface area (Å²) in [5.74, 6) is 1.93. The van der Waals surface area contributed by atoms with Gasteiger partial charge in [0.15, 0.2) is 0 Å². The van der Waals surface area contributed by atoms with Gasteiger partial charge in [0.1, 0.15) is 0 Å². The van der Waals surface area contributed by atoms with Gasteiger partial charge in [-0.3, -0.25) is 0 Å². The van der Waals surface area contributed by atoms with Crippen LogP contribution in [0.3, 0.4) is 0 Å². The molecule has 1 aliphatic rings. The SMILES string of the molecule is NCc1cc(S(=O)(=O)N2CCCSCC2)cs1. The van der Waals surface area contributed by atoms with Gasteiger partial charge in [-0.25, -0.2) is 8.42 Å². The molecule has 0 saturated carbocycles. The molecule has 7 heteroatoms. The molecule has 1 aliphatic heterocycles. The van der Waals surface area contributed by atoms with Gasteiger partial charge in [-0.1, -0.05) is 0 Å². The zero-order valence-corrected chi connectivity index (χ0v) is 11.9. The Morgan fingerprint density at radius 3 is 2.88 bits per heavy atom. The summed E-state index contributed by atoms with van der Waals surface area (Å²) in [6, 6.07) is 1.69. The molecule has 0 bridgehead atoms. The van der Waals surface area contributed by atoms with E-state index >= 15 is 0 Å². The maximum Gasteiger partial charge on any atom is 0.243 e. The van der Waals surface area contributed by atoms with Crippen molar-refractivity contribution in [3.63, 3.8) is 0 Å². The van der Waals surface area contributed by atoms with E-state index in [0.717, 1.165) is 22.8 Å². The average Bonchev–Trinajstić information content (AvgIpc) is 2.64. The second kappa shape index (κ2) is 5.71. The Morgan fingerprint density at radius 1 is 1.35 bits per heavy atom. The molecule has 2 rings (SSSR count). The molecule has 1 fully saturated rings. The second-order valence-corrected chi connectivity index (χ2v) is 7.98. The third-order valence-electron chi connectivity index (χ3n) is 2.65. The van der Waals surface area contributed by atoms with Crippen molar-refractivity contribution in [1.29, 1.82) is 0 Å². The highest BCUT2D eigenvalue weighted by molar-refractivity contribution is 7.99. The average molecular weight is 292 g/mol. The van der Waals surface area contributed by atoms with E-state index in [0.29, 0.717) is 24.5 Å². The normalized spacial score (nSPS) is 19.1. The maximum absolute atomic E-state index is 12.4. The van der Waals surface area contributed by atoms with E-state index in [1.54, 1.807) is 15.8 Å². The first-order valence-electron chi connectivity index (χ1n) is 5.50. The first kappa shape index (κ1) is 13.4. The lowest BCUT2D eigenvalue weighted by molar-refractivity contribution is 0.435. The van der Waals surface area contributed by atoms with Crippen molar-refractivity contribution in [2.75, 3.05) is 24.6 Å². The fourth-order valence-corrected chi connectivity index (χ4v) is 5.34. The lowest BCUT2D eigenvalue weighted by atomic mass is 10.5. The van der Waals surface area contributed by atoms with E-state index in [1.807, 2.05) is 11.8 Å². The first-order valence-corrected chi connectivity index (χ1v) is 8.97. The summed E-state index contributed by atoms with van der Waals surface area (Å²) >= 11 is 3.23. The summed E-state index contributed by atoms with van der Waals surface area (Å²) in [6.45, 7) is 1.64. The molecule has 4 nitrogen and oxygen atoms in total. The first-order chi connectivity index (χ1) is 8.14. The number of hydrogen-bond acceptors (Lipinski definition) is 5. The molecule has 1 aromatic rings. The van der Waals surface area contributed by atoms with Gasteiger partial charge in [0.2, 0.25) is 10.0 Å². The summed E-state index contributed by atoms with van der Waals surface area (Å²) < 4.78 is 26.3. The predicted molar refractivity (Wildman–Crippen MR) is 72.9 cm³/mol. The monoisotopic (exact) mass is 292 g/mol. The Hall–Kier alpha value is -0.0800. The highest BCUT2D eigenvalue weighted by atomic mass is 32.2. The summed E-state index contributed by atoms with van der Waals surface area (Å²) in [5.41, 5.74) is 5.51. The molecule has 0 aromatic carbocycles. The van der Waals surface area contributed by atoms with Crippen molar-refractivity contribution in [2.45, 2.75) is 17.9 Å². The Balaban J connectivity index is 2.22. The standard InChI is InChI=1S/C10H16N2O2S3/c11-7-9-6-10(8-16-9)17(13,14)12-2-1-4-15-5-3-12/h6,8H,1-5,7,11H2. The Labute approximate surface area is 110 Å². The van der Waals surface area contributed by atoms with Gasteiger partial charge in [0.25, 0.3) is 0 Å². The number of sulfonamides is 1. The summed E-state index contributed by atoms with van der Waals surface area (Å²) in [4.78, 5) is 1.31. The van der Waals surface area contributed by atoms with Gasteiger partial charge < -0.3 is 5.73 Å². The van der Waals surface area contributed by atoms with Crippen LogP contribution in [-0.2, 0) is 16.6 Å². The number of thiophene rings is 1. The molecular formula is C10H16N2O2S3. The topological polar surface area (TPSA) is 63.4 Å². The Bertz CT molecular complexity index is 462. The molecule has 0 aliphatic carbocycles. The fourth-order valence-electron chi connectivity index (χ4n) is 1.72. The second-order valence-electron chi connectivity index (χ2n) is 3.82. The summed E-state index contributed by atoms with van der Waals surface area (Å²) in [6.07, 6.45) is 0.928. The van der Waals surface area contributed by atoms with Crippen LogP contribution in [0.15, 0.2) is 16.3 Å². The van der Waals surface area contributed by atoms with Gasteiger partial charge in [-0.15, -0.1) is 11.3 Å². The van der Waals surface area contributed by atoms with Crippen molar-refractivity contribution in [1.82, 2.24) is 4.31 Å². The summed E-state index contributed by atoms with van der Waals surface area (Å²) in [5, 5.41) is 1.69. The zero-order chi connectivity index (χ0) is 12.3. The molecule has 96 valence electrons. The minimum atomic E-state index is -3.30. The van der Waals surface area contributed by atoms with E-state index in [2.05, 4.69) is 0 Å². The highest BCUT2D eigenvalue weighted by Gasteiger charge is 2.26. The van der Waals surface area contributed by atoms with Crippen molar-refractivity contribution >= 4 is 33.1 Å². The molecule has 0 radical (unpaired) electrons. The number of nitrogens with zero attached hydrogens (tertiary/aromatic N) is 1. The predicted octanol–water partition coefficient (Wildman–Crippen LogP) is 1.33. The third-order valence-corrected chi connectivity index (χ3v) is 6.68. The van der Waals surface area contributed by atoms with Crippen molar-refractivity contribution < 1.29 is 8.42 Å². The molecule has 1 saturated heterocycles. The molecule has 2 heterocycles. The molecule has 1 aromatic heterocycles. The van der Waals surface area contributed by atoms with Gasteiger partial charge >= 0.3 is 0 Å². The molecule has 2 N–H and O–H groups in total. The molecule has 0 amide bonds.